The summed E-state index contributed by atoms with van der Waals surface area (Å²) in [6, 6.07) is 4.44. The Labute approximate surface area is 62.6 Å². The number of benzene rings is 1. The molecule has 0 spiro atoms. The lowest BCUT2D eigenvalue weighted by atomic mass is 10.2. The molecule has 1 aromatic rings. The van der Waals surface area contributed by atoms with E-state index >= 15 is 0 Å². The Morgan fingerprint density at radius 1 is 1.64 bits per heavy atom. The van der Waals surface area contributed by atoms with Crippen molar-refractivity contribution in [2.75, 3.05) is 0 Å². The average Bonchev–Trinajstić information content (AvgIpc) is 1.85. The van der Waals surface area contributed by atoms with Crippen molar-refractivity contribution >= 4 is 5.69 Å². The van der Waals surface area contributed by atoms with Gasteiger partial charge in [0.25, 0.3) is 5.69 Å². The second-order valence-electron chi connectivity index (χ2n) is 2.12. The van der Waals surface area contributed by atoms with Crippen molar-refractivity contribution in [3.63, 3.8) is 0 Å². The number of hydrogen-bond donors (Lipinski definition) is 0. The zero-order valence-electron chi connectivity index (χ0n) is 5.80. The third-order valence-corrected chi connectivity index (χ3v) is 1.15. The molecule has 0 bridgehead atoms. The predicted octanol–water partition coefficient (Wildman–Crippen LogP) is 1.84. The summed E-state index contributed by atoms with van der Waals surface area (Å²) >= 11 is 0. The molecular formula is C7H5FNO2. The van der Waals surface area contributed by atoms with Gasteiger partial charge in [-0.3, -0.25) is 10.1 Å². The van der Waals surface area contributed by atoms with Gasteiger partial charge in [0.15, 0.2) is 0 Å². The van der Waals surface area contributed by atoms with Crippen molar-refractivity contribution in [3.05, 3.63) is 39.7 Å². The topological polar surface area (TPSA) is 43.1 Å². The lowest BCUT2D eigenvalue weighted by Crippen LogP contribution is -1.90. The van der Waals surface area contributed by atoms with Crippen molar-refractivity contribution in [1.82, 2.24) is 0 Å². The van der Waals surface area contributed by atoms with Crippen molar-refractivity contribution in [2.24, 2.45) is 0 Å². The molecule has 0 amide bonds. The fourth-order valence-electron chi connectivity index (χ4n) is 0.752. The highest BCUT2D eigenvalue weighted by molar-refractivity contribution is 5.32. The number of nitro benzene ring substituents is 1. The normalized spacial score (nSPS) is 9.64. The number of non-ortho nitro benzene ring substituents is 1. The van der Waals surface area contributed by atoms with Gasteiger partial charge in [-0.2, -0.15) is 0 Å². The first kappa shape index (κ1) is 7.65. The molecule has 0 fully saturated rings. The van der Waals surface area contributed by atoms with Gasteiger partial charge >= 0.3 is 0 Å². The first-order valence-electron chi connectivity index (χ1n) is 2.93. The van der Waals surface area contributed by atoms with Crippen LogP contribution in [0.3, 0.4) is 0 Å². The van der Waals surface area contributed by atoms with E-state index in [1.807, 2.05) is 0 Å². The van der Waals surface area contributed by atoms with Crippen LogP contribution in [0.1, 0.15) is 5.56 Å². The van der Waals surface area contributed by atoms with Gasteiger partial charge in [-0.1, -0.05) is 0 Å². The summed E-state index contributed by atoms with van der Waals surface area (Å²) in [4.78, 5) is 9.44. The molecule has 0 N–H and O–H groups in total. The highest BCUT2D eigenvalue weighted by Crippen LogP contribution is 2.13. The molecule has 0 aliphatic heterocycles. The zero-order chi connectivity index (χ0) is 8.43. The summed E-state index contributed by atoms with van der Waals surface area (Å²) < 4.78 is 12.5. The van der Waals surface area contributed by atoms with E-state index in [1.54, 1.807) is 6.92 Å². The molecule has 0 aromatic heterocycles. The van der Waals surface area contributed by atoms with E-state index < -0.39 is 10.7 Å². The van der Waals surface area contributed by atoms with Crippen LogP contribution in [0.25, 0.3) is 0 Å². The maximum atomic E-state index is 12.5. The summed E-state index contributed by atoms with van der Waals surface area (Å²) in [5, 5.41) is 10.1. The smallest absolute Gasteiger partial charge is 0.258 e. The number of rotatable bonds is 1. The second-order valence-corrected chi connectivity index (χ2v) is 2.12. The van der Waals surface area contributed by atoms with Crippen molar-refractivity contribution < 1.29 is 9.31 Å². The first-order chi connectivity index (χ1) is 5.09. The van der Waals surface area contributed by atoms with Crippen LogP contribution in [0.5, 0.6) is 0 Å². The number of aryl methyl sites for hydroxylation is 1. The molecule has 57 valence electrons. The molecule has 0 saturated carbocycles. The van der Waals surface area contributed by atoms with E-state index in [2.05, 4.69) is 6.07 Å². The minimum Gasteiger partial charge on any atom is -0.258 e. The number of nitrogens with zero attached hydrogens (tertiary/aromatic N) is 1. The quantitative estimate of drug-likeness (QED) is 0.457. The van der Waals surface area contributed by atoms with Crippen LogP contribution in [0.2, 0.25) is 0 Å². The molecule has 1 rings (SSSR count). The first-order valence-corrected chi connectivity index (χ1v) is 2.93. The van der Waals surface area contributed by atoms with Crippen LogP contribution in [-0.2, 0) is 0 Å². The van der Waals surface area contributed by atoms with Gasteiger partial charge in [0.05, 0.1) is 17.1 Å². The van der Waals surface area contributed by atoms with Crippen LogP contribution in [0, 0.1) is 28.9 Å². The van der Waals surface area contributed by atoms with Crippen molar-refractivity contribution in [3.8, 4) is 0 Å². The summed E-state index contributed by atoms with van der Waals surface area (Å²) in [6.07, 6.45) is 0. The van der Waals surface area contributed by atoms with Gasteiger partial charge in [-0.25, -0.2) is 4.39 Å². The van der Waals surface area contributed by atoms with Crippen LogP contribution in [0.4, 0.5) is 10.1 Å². The predicted molar refractivity (Wildman–Crippen MR) is 36.6 cm³/mol. The third-order valence-electron chi connectivity index (χ3n) is 1.15. The van der Waals surface area contributed by atoms with Crippen LogP contribution >= 0.6 is 0 Å². The van der Waals surface area contributed by atoms with Crippen molar-refractivity contribution in [2.45, 2.75) is 6.92 Å². The standard InChI is InChI=1S/C7H5FNO2/c1-5-2-6(8)4-7(3-5)9(10)11/h2,4H,1H3. The number of halogens is 1. The SMILES string of the molecule is Cc1[c]c([N+](=O)[O-])cc(F)c1. The lowest BCUT2D eigenvalue weighted by Gasteiger charge is -1.92. The Bertz CT molecular complexity index is 278. The third kappa shape index (κ3) is 1.73. The Hall–Kier alpha value is -1.45. The Balaban J connectivity index is 3.19. The summed E-state index contributed by atoms with van der Waals surface area (Å²) in [5.41, 5.74) is 0.0965. The van der Waals surface area contributed by atoms with E-state index in [4.69, 9.17) is 0 Å². The summed E-state index contributed by atoms with van der Waals surface area (Å²) in [7, 11) is 0. The minimum absolute atomic E-state index is 0.331. The fraction of sp³-hybridized carbons (Fsp3) is 0.143. The molecule has 0 atom stereocenters. The fourth-order valence-corrected chi connectivity index (χ4v) is 0.752. The molecule has 0 unspecified atom stereocenters. The number of nitro groups is 1. The van der Waals surface area contributed by atoms with Crippen molar-refractivity contribution in [1.29, 1.82) is 0 Å². The number of hydrogen-bond acceptors (Lipinski definition) is 2. The van der Waals surface area contributed by atoms with E-state index in [-0.39, 0.29) is 5.69 Å². The Morgan fingerprint density at radius 3 is 2.73 bits per heavy atom. The molecule has 1 aromatic carbocycles. The van der Waals surface area contributed by atoms with Crippen LogP contribution in [0.15, 0.2) is 12.1 Å². The Kier molecular flexibility index (Phi) is 1.85. The molecule has 11 heavy (non-hydrogen) atoms. The Morgan fingerprint density at radius 2 is 2.27 bits per heavy atom. The molecule has 0 heterocycles. The highest BCUT2D eigenvalue weighted by Gasteiger charge is 2.07. The monoisotopic (exact) mass is 154 g/mol. The molecule has 4 heteroatoms. The minimum atomic E-state index is -0.671. The van der Waals surface area contributed by atoms with Gasteiger partial charge in [-0.15, -0.1) is 0 Å². The van der Waals surface area contributed by atoms with E-state index in [1.165, 1.54) is 6.07 Å². The van der Waals surface area contributed by atoms with Gasteiger partial charge in [0, 0.05) is 0 Å². The maximum Gasteiger partial charge on any atom is 0.280 e. The average molecular weight is 154 g/mol. The van der Waals surface area contributed by atoms with Gasteiger partial charge in [0.1, 0.15) is 5.82 Å². The maximum absolute atomic E-state index is 12.5. The van der Waals surface area contributed by atoms with Gasteiger partial charge in [-0.05, 0) is 18.6 Å². The van der Waals surface area contributed by atoms with Crippen LogP contribution < -0.4 is 0 Å². The molecule has 0 aliphatic carbocycles. The molecule has 0 aliphatic rings. The molecule has 1 radical (unpaired) electrons. The highest BCUT2D eigenvalue weighted by atomic mass is 19.1. The largest absolute Gasteiger partial charge is 0.280 e. The second kappa shape index (κ2) is 2.65. The van der Waals surface area contributed by atoms with Gasteiger partial charge in [0.2, 0.25) is 0 Å². The molecule has 3 nitrogen and oxygen atoms in total. The summed E-state index contributed by atoms with van der Waals surface area (Å²) in [5.74, 6) is -0.604. The van der Waals surface area contributed by atoms with Gasteiger partial charge < -0.3 is 0 Å². The van der Waals surface area contributed by atoms with Crippen LogP contribution in [-0.4, -0.2) is 4.92 Å². The van der Waals surface area contributed by atoms with E-state index in [9.17, 15) is 14.5 Å². The van der Waals surface area contributed by atoms with E-state index in [0.717, 1.165) is 6.07 Å². The molecular weight excluding hydrogens is 149 g/mol. The van der Waals surface area contributed by atoms with E-state index in [0.29, 0.717) is 5.56 Å². The molecule has 0 saturated heterocycles. The zero-order valence-corrected chi connectivity index (χ0v) is 5.80. The lowest BCUT2D eigenvalue weighted by molar-refractivity contribution is -0.385. The summed E-state index contributed by atoms with van der Waals surface area (Å²) in [6.45, 7) is 1.55.